The van der Waals surface area contributed by atoms with Gasteiger partial charge in [0.25, 0.3) is 0 Å². The molecule has 0 aliphatic carbocycles. The average Bonchev–Trinajstić information content (AvgIpc) is 2.37. The number of aliphatic hydroxyl groups is 2. The van der Waals surface area contributed by atoms with Crippen LogP contribution in [0.3, 0.4) is 0 Å². The summed E-state index contributed by atoms with van der Waals surface area (Å²) in [5, 5.41) is 18.9. The van der Waals surface area contributed by atoms with Gasteiger partial charge in [-0.3, -0.25) is 4.90 Å². The lowest BCUT2D eigenvalue weighted by atomic mass is 9.99. The zero-order valence-electron chi connectivity index (χ0n) is 10.4. The van der Waals surface area contributed by atoms with E-state index in [1.807, 2.05) is 6.07 Å². The molecule has 0 spiro atoms. The maximum atomic E-state index is 13.0. The van der Waals surface area contributed by atoms with Gasteiger partial charge in [-0.15, -0.1) is 0 Å². The van der Waals surface area contributed by atoms with E-state index in [0.717, 1.165) is 31.5 Å². The first-order valence-corrected chi connectivity index (χ1v) is 6.46. The Labute approximate surface area is 107 Å². The second kappa shape index (κ2) is 6.27. The zero-order chi connectivity index (χ0) is 13.0. The van der Waals surface area contributed by atoms with E-state index in [1.54, 1.807) is 12.1 Å². The molecule has 0 aromatic heterocycles. The molecule has 1 heterocycles. The molecule has 1 aliphatic rings. The van der Waals surface area contributed by atoms with Crippen molar-refractivity contribution in [3.8, 4) is 0 Å². The highest BCUT2D eigenvalue weighted by molar-refractivity contribution is 5.16. The quantitative estimate of drug-likeness (QED) is 0.847. The van der Waals surface area contributed by atoms with Gasteiger partial charge in [0.2, 0.25) is 0 Å². The van der Waals surface area contributed by atoms with Crippen LogP contribution >= 0.6 is 0 Å². The molecule has 3 nitrogen and oxygen atoms in total. The maximum absolute atomic E-state index is 13.0. The minimum Gasteiger partial charge on any atom is -0.395 e. The molecule has 1 aromatic rings. The Morgan fingerprint density at radius 2 is 2.22 bits per heavy atom. The number of piperidine rings is 1. The summed E-state index contributed by atoms with van der Waals surface area (Å²) in [6.45, 7) is 1.66. The van der Waals surface area contributed by atoms with Gasteiger partial charge in [-0.1, -0.05) is 12.1 Å². The Bertz CT molecular complexity index is 386. The standard InChI is InChI=1S/C14H20FNO2/c15-12-3-1-2-11(8-12)4-6-16-7-5-14(18)9-13(16)10-17/h1-3,8,13-14,17-18H,4-7,9-10H2. The lowest BCUT2D eigenvalue weighted by molar-refractivity contribution is 0.0177. The van der Waals surface area contributed by atoms with Crippen LogP contribution in [-0.4, -0.2) is 47.0 Å². The summed E-state index contributed by atoms with van der Waals surface area (Å²) in [7, 11) is 0. The van der Waals surface area contributed by atoms with Gasteiger partial charge in [0, 0.05) is 19.1 Å². The first kappa shape index (κ1) is 13.5. The molecule has 0 amide bonds. The number of aliphatic hydroxyl groups excluding tert-OH is 2. The van der Waals surface area contributed by atoms with Crippen molar-refractivity contribution in [1.29, 1.82) is 0 Å². The van der Waals surface area contributed by atoms with E-state index < -0.39 is 0 Å². The summed E-state index contributed by atoms with van der Waals surface area (Å²) in [5.74, 6) is -0.208. The van der Waals surface area contributed by atoms with E-state index in [9.17, 15) is 14.6 Å². The van der Waals surface area contributed by atoms with E-state index in [-0.39, 0.29) is 24.6 Å². The molecule has 1 fully saturated rings. The molecule has 0 radical (unpaired) electrons. The number of hydrogen-bond acceptors (Lipinski definition) is 3. The summed E-state index contributed by atoms with van der Waals surface area (Å²) in [5.41, 5.74) is 0.970. The van der Waals surface area contributed by atoms with Gasteiger partial charge >= 0.3 is 0 Å². The Morgan fingerprint density at radius 1 is 1.39 bits per heavy atom. The molecule has 100 valence electrons. The Hall–Kier alpha value is -0.970. The van der Waals surface area contributed by atoms with Crippen LogP contribution in [0, 0.1) is 5.82 Å². The fourth-order valence-electron chi connectivity index (χ4n) is 2.53. The largest absolute Gasteiger partial charge is 0.395 e. The second-order valence-electron chi connectivity index (χ2n) is 4.93. The van der Waals surface area contributed by atoms with Gasteiger partial charge in [0.1, 0.15) is 5.82 Å². The van der Waals surface area contributed by atoms with E-state index in [4.69, 9.17) is 0 Å². The van der Waals surface area contributed by atoms with Crippen molar-refractivity contribution in [3.05, 3.63) is 35.6 Å². The summed E-state index contributed by atoms with van der Waals surface area (Å²) in [6.07, 6.45) is 1.84. The number of halogens is 1. The summed E-state index contributed by atoms with van der Waals surface area (Å²) in [6, 6.07) is 6.65. The van der Waals surface area contributed by atoms with Crippen molar-refractivity contribution >= 4 is 0 Å². The average molecular weight is 253 g/mol. The third-order valence-corrected chi connectivity index (χ3v) is 3.60. The van der Waals surface area contributed by atoms with Gasteiger partial charge in [-0.25, -0.2) is 4.39 Å². The third kappa shape index (κ3) is 3.51. The van der Waals surface area contributed by atoms with Crippen molar-refractivity contribution in [2.45, 2.75) is 31.4 Å². The van der Waals surface area contributed by atoms with Crippen LogP contribution in [0.2, 0.25) is 0 Å². The molecule has 4 heteroatoms. The molecule has 1 aliphatic heterocycles. The van der Waals surface area contributed by atoms with Crippen molar-refractivity contribution in [1.82, 2.24) is 4.90 Å². The summed E-state index contributed by atoms with van der Waals surface area (Å²) >= 11 is 0. The third-order valence-electron chi connectivity index (χ3n) is 3.60. The smallest absolute Gasteiger partial charge is 0.123 e. The minimum atomic E-state index is -0.299. The van der Waals surface area contributed by atoms with Crippen molar-refractivity contribution in [2.24, 2.45) is 0 Å². The Kier molecular flexibility index (Phi) is 4.69. The molecular formula is C14H20FNO2. The van der Waals surface area contributed by atoms with Gasteiger partial charge in [-0.2, -0.15) is 0 Å². The predicted molar refractivity (Wildman–Crippen MR) is 67.8 cm³/mol. The molecule has 0 saturated carbocycles. The van der Waals surface area contributed by atoms with Crippen LogP contribution in [0.1, 0.15) is 18.4 Å². The van der Waals surface area contributed by atoms with Crippen LogP contribution in [0.4, 0.5) is 4.39 Å². The van der Waals surface area contributed by atoms with Gasteiger partial charge in [0.15, 0.2) is 0 Å². The zero-order valence-corrected chi connectivity index (χ0v) is 10.4. The SMILES string of the molecule is OCC1CC(O)CCN1CCc1cccc(F)c1. The number of likely N-dealkylation sites (tertiary alicyclic amines) is 1. The molecule has 1 saturated heterocycles. The lowest BCUT2D eigenvalue weighted by Gasteiger charge is -2.36. The van der Waals surface area contributed by atoms with Crippen molar-refractivity contribution < 1.29 is 14.6 Å². The molecule has 1 aromatic carbocycles. The first-order valence-electron chi connectivity index (χ1n) is 6.46. The van der Waals surface area contributed by atoms with E-state index in [0.29, 0.717) is 6.42 Å². The van der Waals surface area contributed by atoms with Gasteiger partial charge < -0.3 is 10.2 Å². The highest BCUT2D eigenvalue weighted by Gasteiger charge is 2.26. The fraction of sp³-hybridized carbons (Fsp3) is 0.571. The van der Waals surface area contributed by atoms with E-state index in [2.05, 4.69) is 4.90 Å². The number of hydrogen-bond donors (Lipinski definition) is 2. The van der Waals surface area contributed by atoms with Crippen LogP contribution in [-0.2, 0) is 6.42 Å². The van der Waals surface area contributed by atoms with Crippen molar-refractivity contribution in [3.63, 3.8) is 0 Å². The molecule has 2 N–H and O–H groups in total. The normalized spacial score (nSPS) is 25.3. The van der Waals surface area contributed by atoms with Crippen LogP contribution in [0.25, 0.3) is 0 Å². The minimum absolute atomic E-state index is 0.0299. The monoisotopic (exact) mass is 253 g/mol. The highest BCUT2D eigenvalue weighted by atomic mass is 19.1. The summed E-state index contributed by atoms with van der Waals surface area (Å²) < 4.78 is 13.0. The fourth-order valence-corrected chi connectivity index (χ4v) is 2.53. The Balaban J connectivity index is 1.89. The maximum Gasteiger partial charge on any atom is 0.123 e. The van der Waals surface area contributed by atoms with Crippen LogP contribution < -0.4 is 0 Å². The van der Waals surface area contributed by atoms with E-state index in [1.165, 1.54) is 6.07 Å². The first-order chi connectivity index (χ1) is 8.69. The van der Waals surface area contributed by atoms with E-state index >= 15 is 0 Å². The highest BCUT2D eigenvalue weighted by Crippen LogP contribution is 2.18. The molecule has 2 rings (SSSR count). The summed E-state index contributed by atoms with van der Waals surface area (Å²) in [4.78, 5) is 2.18. The molecule has 2 atom stereocenters. The number of nitrogens with zero attached hydrogens (tertiary/aromatic N) is 1. The van der Waals surface area contributed by atoms with Crippen molar-refractivity contribution in [2.75, 3.05) is 19.7 Å². The van der Waals surface area contributed by atoms with Crippen LogP contribution in [0.5, 0.6) is 0 Å². The number of rotatable bonds is 4. The number of benzene rings is 1. The topological polar surface area (TPSA) is 43.7 Å². The molecule has 18 heavy (non-hydrogen) atoms. The molecular weight excluding hydrogens is 233 g/mol. The predicted octanol–water partition coefficient (Wildman–Crippen LogP) is 1.19. The molecule has 0 bridgehead atoms. The molecule has 2 unspecified atom stereocenters. The second-order valence-corrected chi connectivity index (χ2v) is 4.93. The van der Waals surface area contributed by atoms with Gasteiger partial charge in [0.05, 0.1) is 12.7 Å². The van der Waals surface area contributed by atoms with Crippen LogP contribution in [0.15, 0.2) is 24.3 Å². The van der Waals surface area contributed by atoms with Gasteiger partial charge in [-0.05, 0) is 37.0 Å². The Morgan fingerprint density at radius 3 is 2.94 bits per heavy atom. The lowest BCUT2D eigenvalue weighted by Crippen LogP contribution is -2.47.